The Morgan fingerprint density at radius 3 is 2.76 bits per heavy atom. The van der Waals surface area contributed by atoms with Gasteiger partial charge in [-0.15, -0.1) is 11.6 Å². The van der Waals surface area contributed by atoms with Crippen LogP contribution in [0.2, 0.25) is 0 Å². The lowest BCUT2D eigenvalue weighted by Gasteiger charge is -2.29. The van der Waals surface area contributed by atoms with Crippen molar-refractivity contribution in [3.63, 3.8) is 0 Å². The summed E-state index contributed by atoms with van der Waals surface area (Å²) in [5.74, 6) is 1.11. The summed E-state index contributed by atoms with van der Waals surface area (Å²) in [4.78, 5) is 6.79. The fourth-order valence-electron chi connectivity index (χ4n) is 3.13. The Morgan fingerprint density at radius 1 is 1.38 bits per heavy atom. The minimum atomic E-state index is -0.270. The van der Waals surface area contributed by atoms with Gasteiger partial charge in [0, 0.05) is 6.54 Å². The highest BCUT2D eigenvalue weighted by molar-refractivity contribution is 6.20. The molecule has 1 fully saturated rings. The van der Waals surface area contributed by atoms with Crippen LogP contribution in [0.15, 0.2) is 18.2 Å². The van der Waals surface area contributed by atoms with Crippen LogP contribution in [0.4, 0.5) is 4.39 Å². The van der Waals surface area contributed by atoms with Crippen LogP contribution in [-0.2, 0) is 6.54 Å². The van der Waals surface area contributed by atoms with Gasteiger partial charge in [-0.1, -0.05) is 6.07 Å². The molecule has 3 rings (SSSR count). The zero-order valence-electron chi connectivity index (χ0n) is 12.5. The van der Waals surface area contributed by atoms with Crippen LogP contribution in [-0.4, -0.2) is 34.6 Å². The minimum absolute atomic E-state index is 0.219. The molecule has 1 aromatic carbocycles. The van der Waals surface area contributed by atoms with Crippen LogP contribution in [0.1, 0.15) is 31.0 Å². The minimum Gasteiger partial charge on any atom is -0.326 e. The molecule has 0 bridgehead atoms. The SMILES string of the molecule is CC(Cl)c1nc2c(F)cccc2n1CC1CCN(C)CC1. The van der Waals surface area contributed by atoms with Crippen LogP contribution in [0, 0.1) is 11.7 Å². The van der Waals surface area contributed by atoms with Crippen LogP contribution in [0.25, 0.3) is 11.0 Å². The summed E-state index contributed by atoms with van der Waals surface area (Å²) in [5, 5.41) is -0.219. The molecular weight excluding hydrogens is 289 g/mol. The molecule has 1 saturated heterocycles. The van der Waals surface area contributed by atoms with Gasteiger partial charge in [0.1, 0.15) is 11.3 Å². The number of para-hydroxylation sites is 1. The lowest BCUT2D eigenvalue weighted by atomic mass is 9.97. The third-order valence-electron chi connectivity index (χ3n) is 4.39. The van der Waals surface area contributed by atoms with E-state index in [2.05, 4.69) is 21.5 Å². The van der Waals surface area contributed by atoms with Crippen LogP contribution >= 0.6 is 11.6 Å². The number of likely N-dealkylation sites (tertiary alicyclic amines) is 1. The van der Waals surface area contributed by atoms with Crippen molar-refractivity contribution in [1.29, 1.82) is 0 Å². The van der Waals surface area contributed by atoms with Gasteiger partial charge in [0.05, 0.1) is 10.9 Å². The number of piperidine rings is 1. The second-order valence-corrected chi connectivity index (χ2v) is 6.71. The summed E-state index contributed by atoms with van der Waals surface area (Å²) < 4.78 is 16.1. The molecule has 1 aliphatic heterocycles. The first-order valence-electron chi connectivity index (χ1n) is 7.53. The summed E-state index contributed by atoms with van der Waals surface area (Å²) in [5.41, 5.74) is 1.30. The highest BCUT2D eigenvalue weighted by Gasteiger charge is 2.22. The first kappa shape index (κ1) is 14.8. The van der Waals surface area contributed by atoms with Crippen molar-refractivity contribution in [2.24, 2.45) is 5.92 Å². The maximum atomic E-state index is 13.9. The molecule has 0 amide bonds. The van der Waals surface area contributed by atoms with E-state index in [1.165, 1.54) is 18.9 Å². The summed E-state index contributed by atoms with van der Waals surface area (Å²) in [7, 11) is 2.16. The van der Waals surface area contributed by atoms with Crippen molar-refractivity contribution in [3.8, 4) is 0 Å². The number of alkyl halides is 1. The molecule has 0 N–H and O–H groups in total. The van der Waals surface area contributed by atoms with E-state index in [1.54, 1.807) is 6.07 Å². The maximum absolute atomic E-state index is 13.9. The van der Waals surface area contributed by atoms with Crippen LogP contribution in [0.3, 0.4) is 0 Å². The van der Waals surface area contributed by atoms with E-state index in [0.717, 1.165) is 31.0 Å². The number of fused-ring (bicyclic) bond motifs is 1. The zero-order chi connectivity index (χ0) is 15.0. The molecule has 0 saturated carbocycles. The third kappa shape index (κ3) is 2.92. The number of rotatable bonds is 3. The second kappa shape index (κ2) is 5.93. The Hall–Kier alpha value is -1.13. The summed E-state index contributed by atoms with van der Waals surface area (Å²) in [6, 6.07) is 5.13. The molecule has 1 unspecified atom stereocenters. The number of hydrogen-bond donors (Lipinski definition) is 0. The van der Waals surface area contributed by atoms with Crippen molar-refractivity contribution >= 4 is 22.6 Å². The average molecular weight is 310 g/mol. The van der Waals surface area contributed by atoms with E-state index in [9.17, 15) is 4.39 Å². The summed E-state index contributed by atoms with van der Waals surface area (Å²) in [6.45, 7) is 5.01. The number of benzene rings is 1. The molecule has 3 nitrogen and oxygen atoms in total. The monoisotopic (exact) mass is 309 g/mol. The van der Waals surface area contributed by atoms with Gasteiger partial charge >= 0.3 is 0 Å². The van der Waals surface area contributed by atoms with Crippen molar-refractivity contribution in [2.75, 3.05) is 20.1 Å². The van der Waals surface area contributed by atoms with Crippen molar-refractivity contribution in [2.45, 2.75) is 31.7 Å². The first-order chi connectivity index (χ1) is 10.1. The Labute approximate surface area is 129 Å². The Kier molecular flexibility index (Phi) is 4.18. The van der Waals surface area contributed by atoms with Gasteiger partial charge in [-0.05, 0) is 58.0 Å². The van der Waals surface area contributed by atoms with Gasteiger partial charge in [-0.2, -0.15) is 0 Å². The fourth-order valence-corrected chi connectivity index (χ4v) is 3.30. The molecule has 1 aliphatic rings. The van der Waals surface area contributed by atoms with Crippen molar-refractivity contribution < 1.29 is 4.39 Å². The van der Waals surface area contributed by atoms with Crippen LogP contribution in [0.5, 0.6) is 0 Å². The lowest BCUT2D eigenvalue weighted by Crippen LogP contribution is -2.32. The van der Waals surface area contributed by atoms with Crippen molar-refractivity contribution in [3.05, 3.63) is 29.8 Å². The van der Waals surface area contributed by atoms with Gasteiger partial charge < -0.3 is 9.47 Å². The molecule has 2 aromatic rings. The maximum Gasteiger partial charge on any atom is 0.151 e. The zero-order valence-corrected chi connectivity index (χ0v) is 13.3. The standard InChI is InChI=1S/C16H21ClFN3/c1-11(17)16-19-15-13(18)4-3-5-14(15)21(16)10-12-6-8-20(2)9-7-12/h3-5,11-12H,6-10H2,1-2H3. The van der Waals surface area contributed by atoms with Gasteiger partial charge in [0.2, 0.25) is 0 Å². The molecule has 2 heterocycles. The van der Waals surface area contributed by atoms with Gasteiger partial charge in [0.15, 0.2) is 5.82 Å². The molecule has 21 heavy (non-hydrogen) atoms. The van der Waals surface area contributed by atoms with E-state index in [4.69, 9.17) is 11.6 Å². The highest BCUT2D eigenvalue weighted by atomic mass is 35.5. The number of aromatic nitrogens is 2. The summed E-state index contributed by atoms with van der Waals surface area (Å²) in [6.07, 6.45) is 2.34. The number of nitrogens with zero attached hydrogens (tertiary/aromatic N) is 3. The highest BCUT2D eigenvalue weighted by Crippen LogP contribution is 2.28. The quantitative estimate of drug-likeness (QED) is 0.804. The molecule has 114 valence electrons. The molecule has 1 atom stereocenters. The average Bonchev–Trinajstić information content (AvgIpc) is 2.82. The molecule has 5 heteroatoms. The Bertz CT molecular complexity index is 630. The first-order valence-corrected chi connectivity index (χ1v) is 7.97. The number of imidazole rings is 1. The van der Waals surface area contributed by atoms with E-state index >= 15 is 0 Å². The number of halogens is 2. The molecule has 0 spiro atoms. The third-order valence-corrected chi connectivity index (χ3v) is 4.59. The van der Waals surface area contributed by atoms with Gasteiger partial charge in [-0.3, -0.25) is 0 Å². The Balaban J connectivity index is 1.96. The van der Waals surface area contributed by atoms with E-state index < -0.39 is 0 Å². The van der Waals surface area contributed by atoms with E-state index in [-0.39, 0.29) is 11.2 Å². The number of hydrogen-bond acceptors (Lipinski definition) is 2. The van der Waals surface area contributed by atoms with E-state index in [0.29, 0.717) is 11.4 Å². The van der Waals surface area contributed by atoms with E-state index in [1.807, 2.05) is 13.0 Å². The smallest absolute Gasteiger partial charge is 0.151 e. The lowest BCUT2D eigenvalue weighted by molar-refractivity contribution is 0.205. The predicted molar refractivity (Wildman–Crippen MR) is 84.2 cm³/mol. The van der Waals surface area contributed by atoms with Gasteiger partial charge in [0.25, 0.3) is 0 Å². The van der Waals surface area contributed by atoms with Crippen molar-refractivity contribution in [1.82, 2.24) is 14.5 Å². The fraction of sp³-hybridized carbons (Fsp3) is 0.562. The van der Waals surface area contributed by atoms with Gasteiger partial charge in [-0.25, -0.2) is 9.37 Å². The Morgan fingerprint density at radius 2 is 2.10 bits per heavy atom. The second-order valence-electron chi connectivity index (χ2n) is 6.05. The topological polar surface area (TPSA) is 21.1 Å². The molecular formula is C16H21ClFN3. The normalized spacial score (nSPS) is 19.2. The molecule has 1 aromatic heterocycles. The summed E-state index contributed by atoms with van der Waals surface area (Å²) >= 11 is 6.26. The largest absolute Gasteiger partial charge is 0.326 e. The van der Waals surface area contributed by atoms with Crippen LogP contribution < -0.4 is 0 Å². The molecule has 0 radical (unpaired) electrons. The molecule has 0 aliphatic carbocycles. The predicted octanol–water partition coefficient (Wildman–Crippen LogP) is 3.82.